The van der Waals surface area contributed by atoms with Gasteiger partial charge >= 0.3 is 6.09 Å². The Balaban J connectivity index is 1.53. The number of amides is 2. The molecule has 0 spiro atoms. The molecule has 0 aliphatic heterocycles. The van der Waals surface area contributed by atoms with Gasteiger partial charge in [-0.1, -0.05) is 0 Å². The van der Waals surface area contributed by atoms with Gasteiger partial charge in [-0.05, 0) is 51.5 Å². The minimum Gasteiger partial charge on any atom is -0.444 e. The van der Waals surface area contributed by atoms with E-state index in [4.69, 9.17) is 9.47 Å². The van der Waals surface area contributed by atoms with Crippen LogP contribution in [0.25, 0.3) is 5.65 Å². The largest absolute Gasteiger partial charge is 0.444 e. The summed E-state index contributed by atoms with van der Waals surface area (Å²) in [6, 6.07) is 0.440. The van der Waals surface area contributed by atoms with Crippen molar-refractivity contribution >= 4 is 17.6 Å². The number of hydrogen-bond donors (Lipinski definition) is 2. The highest BCUT2D eigenvalue weighted by Crippen LogP contribution is 2.44. The summed E-state index contributed by atoms with van der Waals surface area (Å²) in [4.78, 5) is 29.8. The number of ether oxygens (including phenoxy) is 2. The van der Waals surface area contributed by atoms with Crippen molar-refractivity contribution < 1.29 is 36.6 Å². The van der Waals surface area contributed by atoms with Crippen molar-refractivity contribution in [3.63, 3.8) is 0 Å². The number of fused-ring (bicyclic) bond motifs is 1. The zero-order valence-electron chi connectivity index (χ0n) is 23.2. The van der Waals surface area contributed by atoms with E-state index >= 15 is 0 Å². The van der Waals surface area contributed by atoms with E-state index in [9.17, 15) is 27.2 Å². The summed E-state index contributed by atoms with van der Waals surface area (Å²) >= 11 is 0. The second-order valence-corrected chi connectivity index (χ2v) is 12.0. The molecule has 0 radical (unpaired) electrons. The molecule has 0 saturated heterocycles. The molecule has 40 heavy (non-hydrogen) atoms. The Labute approximate surface area is 230 Å². The number of imidazole rings is 1. The molecule has 9 nitrogen and oxygen atoms in total. The van der Waals surface area contributed by atoms with Crippen molar-refractivity contribution in [2.45, 2.75) is 95.2 Å². The van der Waals surface area contributed by atoms with Crippen molar-refractivity contribution in [2.24, 2.45) is 11.8 Å². The molecule has 0 bridgehead atoms. The first kappa shape index (κ1) is 30.0. The Bertz CT molecular complexity index is 1200. The molecule has 2 aliphatic carbocycles. The molecule has 13 heteroatoms. The first-order chi connectivity index (χ1) is 18.6. The van der Waals surface area contributed by atoms with Crippen LogP contribution in [0.4, 0.5) is 22.4 Å². The maximum Gasteiger partial charge on any atom is 0.408 e. The van der Waals surface area contributed by atoms with Gasteiger partial charge < -0.3 is 20.1 Å². The summed E-state index contributed by atoms with van der Waals surface area (Å²) in [5.74, 6) is -6.43. The lowest BCUT2D eigenvalue weighted by atomic mass is 9.79. The highest BCUT2D eigenvalue weighted by molar-refractivity contribution is 5.77. The van der Waals surface area contributed by atoms with Crippen molar-refractivity contribution in [3.8, 4) is 0 Å². The molecule has 2 amide bonds. The molecular weight excluding hydrogens is 534 g/mol. The van der Waals surface area contributed by atoms with Crippen LogP contribution in [-0.2, 0) is 14.3 Å². The maximum atomic E-state index is 13.9. The van der Waals surface area contributed by atoms with E-state index < -0.39 is 35.6 Å². The van der Waals surface area contributed by atoms with Crippen LogP contribution in [0.1, 0.15) is 89.1 Å². The summed E-state index contributed by atoms with van der Waals surface area (Å²) in [7, 11) is 1.48. The van der Waals surface area contributed by atoms with Crippen LogP contribution >= 0.6 is 0 Å². The predicted octanol–water partition coefficient (Wildman–Crippen LogP) is 5.36. The van der Waals surface area contributed by atoms with Gasteiger partial charge in [0.15, 0.2) is 5.65 Å². The van der Waals surface area contributed by atoms with Gasteiger partial charge in [0.05, 0.1) is 36.8 Å². The van der Waals surface area contributed by atoms with Crippen LogP contribution in [0.2, 0.25) is 0 Å². The normalized spacial score (nSPS) is 20.9. The van der Waals surface area contributed by atoms with Gasteiger partial charge in [-0.15, -0.1) is 0 Å². The second kappa shape index (κ2) is 11.5. The number of aromatic nitrogens is 3. The molecular formula is C27H37F4N5O4. The third-order valence-electron chi connectivity index (χ3n) is 7.30. The predicted molar refractivity (Wildman–Crippen MR) is 137 cm³/mol. The zero-order valence-corrected chi connectivity index (χ0v) is 23.2. The molecule has 1 unspecified atom stereocenters. The molecule has 2 saturated carbocycles. The molecule has 2 aromatic heterocycles. The van der Waals surface area contributed by atoms with E-state index in [-0.39, 0.29) is 69.3 Å². The van der Waals surface area contributed by atoms with E-state index in [0.29, 0.717) is 16.9 Å². The van der Waals surface area contributed by atoms with Gasteiger partial charge in [0.1, 0.15) is 5.60 Å². The van der Waals surface area contributed by atoms with E-state index in [1.807, 2.05) is 0 Å². The van der Waals surface area contributed by atoms with E-state index in [0.717, 1.165) is 0 Å². The molecule has 2 fully saturated rings. The molecule has 222 valence electrons. The van der Waals surface area contributed by atoms with E-state index in [2.05, 4.69) is 20.7 Å². The van der Waals surface area contributed by atoms with Gasteiger partial charge in [-0.25, -0.2) is 31.9 Å². The number of alkyl halides is 4. The third-order valence-corrected chi connectivity index (χ3v) is 7.30. The number of halogens is 4. The molecule has 2 aromatic rings. The number of methoxy groups -OCH3 is 1. The van der Waals surface area contributed by atoms with E-state index in [1.54, 1.807) is 33.0 Å². The van der Waals surface area contributed by atoms with Crippen LogP contribution < -0.4 is 10.6 Å². The number of carbonyl (C=O) groups excluding carboxylic acids is 2. The Morgan fingerprint density at radius 1 is 1.12 bits per heavy atom. The van der Waals surface area contributed by atoms with Crippen molar-refractivity contribution in [1.82, 2.24) is 25.2 Å². The average molecular weight is 572 g/mol. The lowest BCUT2D eigenvalue weighted by Gasteiger charge is -2.34. The number of alkyl carbamates (subject to hydrolysis) is 1. The molecule has 0 aromatic carbocycles. The van der Waals surface area contributed by atoms with Crippen LogP contribution in [0.3, 0.4) is 0 Å². The Hall–Kier alpha value is -2.96. The molecule has 2 heterocycles. The quantitative estimate of drug-likeness (QED) is 0.393. The summed E-state index contributed by atoms with van der Waals surface area (Å²) in [6.45, 7) is 5.32. The van der Waals surface area contributed by atoms with Gasteiger partial charge in [-0.2, -0.15) is 5.10 Å². The summed E-state index contributed by atoms with van der Waals surface area (Å²) in [6.07, 6.45) is 1.75. The van der Waals surface area contributed by atoms with Gasteiger partial charge in [0, 0.05) is 44.8 Å². The lowest BCUT2D eigenvalue weighted by molar-refractivity contribution is -0.134. The average Bonchev–Trinajstić information content (AvgIpc) is 3.23. The maximum absolute atomic E-state index is 13.9. The third kappa shape index (κ3) is 7.82. The number of hydrogen-bond acceptors (Lipinski definition) is 6. The van der Waals surface area contributed by atoms with Crippen LogP contribution in [-0.4, -0.2) is 57.8 Å². The molecule has 2 atom stereocenters. The van der Waals surface area contributed by atoms with E-state index in [1.165, 1.54) is 17.8 Å². The Morgan fingerprint density at radius 3 is 2.40 bits per heavy atom. The molecule has 4 rings (SSSR count). The fraction of sp³-hybridized carbons (Fsp3) is 0.704. The second-order valence-electron chi connectivity index (χ2n) is 12.0. The highest BCUT2D eigenvalue weighted by Gasteiger charge is 2.46. The minimum absolute atomic E-state index is 0.00253. The monoisotopic (exact) mass is 571 g/mol. The zero-order chi connectivity index (χ0) is 29.3. The summed E-state index contributed by atoms with van der Waals surface area (Å²) in [5.41, 5.74) is 0.708. The van der Waals surface area contributed by atoms with Gasteiger partial charge in [0.25, 0.3) is 0 Å². The van der Waals surface area contributed by atoms with Crippen molar-refractivity contribution in [1.29, 1.82) is 0 Å². The first-order valence-electron chi connectivity index (χ1n) is 13.5. The number of nitrogens with one attached hydrogen (secondary N) is 2. The van der Waals surface area contributed by atoms with Gasteiger partial charge in [0.2, 0.25) is 17.8 Å². The number of nitrogens with zero attached hydrogens (tertiary/aromatic N) is 3. The van der Waals surface area contributed by atoms with Gasteiger partial charge in [-0.3, -0.25) is 4.79 Å². The fourth-order valence-electron chi connectivity index (χ4n) is 5.35. The summed E-state index contributed by atoms with van der Waals surface area (Å²) in [5, 5.41) is 10.1. The van der Waals surface area contributed by atoms with Crippen molar-refractivity contribution in [2.75, 3.05) is 13.7 Å². The van der Waals surface area contributed by atoms with Crippen LogP contribution in [0.15, 0.2) is 18.5 Å². The molecule has 2 N–H and O–H groups in total. The summed E-state index contributed by atoms with van der Waals surface area (Å²) < 4.78 is 66.3. The first-order valence-corrected chi connectivity index (χ1v) is 13.5. The van der Waals surface area contributed by atoms with Crippen molar-refractivity contribution in [3.05, 3.63) is 29.7 Å². The topological polar surface area (TPSA) is 107 Å². The molecule has 2 aliphatic rings. The SMILES string of the molecule is COC[C@H](NC(=O)CC1CC(F)(F)C1)c1cnn2cc(C(NC(=O)OC(C)(C)C)C3CCC(F)(F)CC3)nc2c1. The Morgan fingerprint density at radius 2 is 1.80 bits per heavy atom. The lowest BCUT2D eigenvalue weighted by Crippen LogP contribution is -2.40. The highest BCUT2D eigenvalue weighted by atomic mass is 19.3. The minimum atomic E-state index is -2.73. The number of carbonyl (C=O) groups is 2. The van der Waals surface area contributed by atoms with Crippen LogP contribution in [0.5, 0.6) is 0 Å². The standard InChI is InChI=1S/C27H37F4N5O4/c1-25(2,3)40-24(38)35-23(17-5-7-26(28,29)8-6-17)19-14-36-21(33-19)10-18(13-32-36)20(15-39-4)34-22(37)9-16-11-27(30,31)12-16/h10,13-14,16-17,20,23H,5-9,11-12,15H2,1-4H3,(H,34,37)(H,35,38)/t20-,23?/m0/s1. The number of rotatable bonds is 9. The fourth-order valence-corrected chi connectivity index (χ4v) is 5.35. The Kier molecular flexibility index (Phi) is 8.63. The smallest absolute Gasteiger partial charge is 0.408 e. The van der Waals surface area contributed by atoms with Crippen LogP contribution in [0, 0.1) is 11.8 Å².